The first-order valence-corrected chi connectivity index (χ1v) is 13.2. The van der Waals surface area contributed by atoms with Crippen LogP contribution >= 0.6 is 19.2 Å². The van der Waals surface area contributed by atoms with E-state index in [-0.39, 0.29) is 24.2 Å². The van der Waals surface area contributed by atoms with E-state index in [4.69, 9.17) is 21.1 Å². The molecule has 2 aromatic heterocycles. The molecule has 1 saturated carbocycles. The Morgan fingerprint density at radius 2 is 2.12 bits per heavy atom. The van der Waals surface area contributed by atoms with Crippen molar-refractivity contribution in [2.75, 3.05) is 32.2 Å². The van der Waals surface area contributed by atoms with Crippen LogP contribution < -0.4 is 5.32 Å². The summed E-state index contributed by atoms with van der Waals surface area (Å²) in [5.41, 5.74) is 0.686. The standard InChI is InChI=1S/C20H28ClN4O8P/c1-29-20(26)31-11-32-34(27,28)12-30-10-14-6-7-16(33-14)25-9-8-15-17(22-13-4-2-3-5-13)23-19(21)24-18(15)25/h8-9,13-14,16H,2-7,10-12H2,1H3,(H,27,28)(H,22,23,24)/t14-,16+/m0/s1. The SMILES string of the molecule is COC(=O)OCOP(=O)(O)COC[C@@H]1CC[C@H](n2ccc3c(NC4CCCC4)nc(Cl)nc32)O1. The number of hydrogen-bond donors (Lipinski definition) is 2. The lowest BCUT2D eigenvalue weighted by Gasteiger charge is -2.18. The Morgan fingerprint density at radius 1 is 1.32 bits per heavy atom. The van der Waals surface area contributed by atoms with Gasteiger partial charge >= 0.3 is 13.8 Å². The van der Waals surface area contributed by atoms with Crippen molar-refractivity contribution in [3.63, 3.8) is 0 Å². The zero-order valence-electron chi connectivity index (χ0n) is 18.7. The number of fused-ring (bicyclic) bond motifs is 1. The lowest BCUT2D eigenvalue weighted by atomic mass is 10.2. The highest BCUT2D eigenvalue weighted by molar-refractivity contribution is 7.52. The van der Waals surface area contributed by atoms with Gasteiger partial charge in [-0.25, -0.2) is 9.78 Å². The van der Waals surface area contributed by atoms with Crippen molar-refractivity contribution < 1.29 is 37.7 Å². The Kier molecular flexibility index (Phi) is 8.28. The van der Waals surface area contributed by atoms with Gasteiger partial charge in [0.05, 0.1) is 25.2 Å². The number of carbonyl (C=O) groups excluding carboxylic acids is 1. The molecule has 14 heteroatoms. The molecule has 1 saturated heterocycles. The van der Waals surface area contributed by atoms with Crippen molar-refractivity contribution in [3.8, 4) is 0 Å². The van der Waals surface area contributed by atoms with Gasteiger partial charge < -0.3 is 33.7 Å². The van der Waals surface area contributed by atoms with Crippen LogP contribution in [0.1, 0.15) is 44.8 Å². The van der Waals surface area contributed by atoms with Gasteiger partial charge in [-0.05, 0) is 43.4 Å². The average molecular weight is 519 g/mol. The number of hydrogen-bond acceptors (Lipinski definition) is 10. The van der Waals surface area contributed by atoms with E-state index in [1.807, 2.05) is 16.8 Å². The first-order valence-electron chi connectivity index (χ1n) is 11.1. The van der Waals surface area contributed by atoms with Gasteiger partial charge in [-0.15, -0.1) is 0 Å². The molecule has 0 spiro atoms. The highest BCUT2D eigenvalue weighted by Gasteiger charge is 2.30. The fourth-order valence-electron chi connectivity index (χ4n) is 4.18. The minimum absolute atomic E-state index is 0.103. The van der Waals surface area contributed by atoms with E-state index in [1.54, 1.807) is 0 Å². The highest BCUT2D eigenvalue weighted by Crippen LogP contribution is 2.42. The van der Waals surface area contributed by atoms with Crippen molar-refractivity contribution in [2.24, 2.45) is 0 Å². The van der Waals surface area contributed by atoms with Crippen molar-refractivity contribution in [3.05, 3.63) is 17.5 Å². The molecule has 0 aromatic carbocycles. The normalized spacial score (nSPS) is 22.7. The molecule has 0 amide bonds. The lowest BCUT2D eigenvalue weighted by molar-refractivity contribution is -0.0365. The van der Waals surface area contributed by atoms with E-state index in [0.717, 1.165) is 31.2 Å². The fourth-order valence-corrected chi connectivity index (χ4v) is 4.97. The molecule has 188 valence electrons. The van der Waals surface area contributed by atoms with Gasteiger partial charge in [0, 0.05) is 12.2 Å². The summed E-state index contributed by atoms with van der Waals surface area (Å²) >= 11 is 6.21. The minimum atomic E-state index is -4.09. The second-order valence-corrected chi connectivity index (χ2v) is 10.3. The van der Waals surface area contributed by atoms with Crippen LogP contribution in [0.25, 0.3) is 11.0 Å². The van der Waals surface area contributed by atoms with E-state index >= 15 is 0 Å². The minimum Gasteiger partial charge on any atom is -0.438 e. The topological polar surface area (TPSA) is 143 Å². The Morgan fingerprint density at radius 3 is 2.88 bits per heavy atom. The molecule has 12 nitrogen and oxygen atoms in total. The van der Waals surface area contributed by atoms with Crippen LogP contribution in [0.5, 0.6) is 0 Å². The predicted octanol–water partition coefficient (Wildman–Crippen LogP) is 4.03. The first kappa shape index (κ1) is 25.2. The number of rotatable bonds is 10. The summed E-state index contributed by atoms with van der Waals surface area (Å²) in [4.78, 5) is 29.4. The number of carbonyl (C=O) groups is 1. The van der Waals surface area contributed by atoms with Gasteiger partial charge in [-0.2, -0.15) is 4.98 Å². The smallest absolute Gasteiger partial charge is 0.438 e. The Hall–Kier alpha value is -1.95. The van der Waals surface area contributed by atoms with Gasteiger partial charge in [0.2, 0.25) is 12.1 Å². The second kappa shape index (κ2) is 11.2. The first-order chi connectivity index (χ1) is 16.3. The van der Waals surface area contributed by atoms with Crippen molar-refractivity contribution in [2.45, 2.75) is 56.9 Å². The van der Waals surface area contributed by atoms with Crippen LogP contribution in [-0.2, 0) is 28.0 Å². The molecular formula is C20H28ClN4O8P. The van der Waals surface area contributed by atoms with Crippen LogP contribution in [-0.4, -0.2) is 64.6 Å². The van der Waals surface area contributed by atoms with Crippen molar-refractivity contribution in [1.29, 1.82) is 0 Å². The van der Waals surface area contributed by atoms with Crippen molar-refractivity contribution in [1.82, 2.24) is 14.5 Å². The molecule has 3 atom stereocenters. The molecule has 1 unspecified atom stereocenters. The van der Waals surface area contributed by atoms with Gasteiger partial charge in [-0.1, -0.05) is 12.8 Å². The molecule has 0 radical (unpaired) electrons. The molecule has 1 aliphatic carbocycles. The Labute approximate surface area is 201 Å². The van der Waals surface area contributed by atoms with E-state index in [2.05, 4.69) is 29.3 Å². The number of aromatic nitrogens is 3. The van der Waals surface area contributed by atoms with E-state index in [0.29, 0.717) is 24.5 Å². The predicted molar refractivity (Wildman–Crippen MR) is 122 cm³/mol. The number of ether oxygens (including phenoxy) is 4. The monoisotopic (exact) mass is 518 g/mol. The van der Waals surface area contributed by atoms with Crippen LogP contribution in [0, 0.1) is 0 Å². The number of nitrogens with zero attached hydrogens (tertiary/aromatic N) is 3. The molecule has 2 N–H and O–H groups in total. The van der Waals surface area contributed by atoms with E-state index < -0.39 is 26.9 Å². The van der Waals surface area contributed by atoms with Gasteiger partial charge in [0.25, 0.3) is 0 Å². The third kappa shape index (κ3) is 6.38. The molecule has 2 aliphatic rings. The van der Waals surface area contributed by atoms with Crippen molar-refractivity contribution >= 4 is 42.2 Å². The van der Waals surface area contributed by atoms with E-state index in [1.165, 1.54) is 12.8 Å². The van der Waals surface area contributed by atoms with E-state index in [9.17, 15) is 14.3 Å². The molecular weight excluding hydrogens is 491 g/mol. The molecule has 2 aromatic rings. The zero-order chi connectivity index (χ0) is 24.1. The summed E-state index contributed by atoms with van der Waals surface area (Å²) in [6.07, 6.45) is 5.82. The van der Waals surface area contributed by atoms with Gasteiger partial charge in [0.1, 0.15) is 24.0 Å². The zero-order valence-corrected chi connectivity index (χ0v) is 20.4. The lowest BCUT2D eigenvalue weighted by Crippen LogP contribution is -2.18. The van der Waals surface area contributed by atoms with Gasteiger partial charge in [-0.3, -0.25) is 9.09 Å². The Balaban J connectivity index is 1.31. The fraction of sp³-hybridized carbons (Fsp3) is 0.650. The van der Waals surface area contributed by atoms with Crippen LogP contribution in [0.15, 0.2) is 12.3 Å². The third-order valence-corrected chi connectivity index (χ3v) is 6.98. The largest absolute Gasteiger partial charge is 0.510 e. The summed E-state index contributed by atoms with van der Waals surface area (Å²) in [5, 5.41) is 4.55. The molecule has 1 aliphatic heterocycles. The number of anilines is 1. The maximum Gasteiger partial charge on any atom is 0.510 e. The third-order valence-electron chi connectivity index (χ3n) is 5.79. The molecule has 3 heterocycles. The molecule has 2 fully saturated rings. The average Bonchev–Trinajstić information content (AvgIpc) is 3.54. The number of nitrogens with one attached hydrogen (secondary N) is 1. The second-order valence-electron chi connectivity index (χ2n) is 8.20. The number of methoxy groups -OCH3 is 1. The Bertz CT molecular complexity index is 1050. The molecule has 0 bridgehead atoms. The summed E-state index contributed by atoms with van der Waals surface area (Å²) < 4.78 is 38.6. The maximum atomic E-state index is 11.9. The quantitative estimate of drug-likeness (QED) is 0.203. The van der Waals surface area contributed by atoms with Crippen LogP contribution in [0.2, 0.25) is 5.28 Å². The molecule has 34 heavy (non-hydrogen) atoms. The highest BCUT2D eigenvalue weighted by atomic mass is 35.5. The summed E-state index contributed by atoms with van der Waals surface area (Å²) in [7, 11) is -2.98. The summed E-state index contributed by atoms with van der Waals surface area (Å²) in [6.45, 7) is -0.611. The summed E-state index contributed by atoms with van der Waals surface area (Å²) in [5.74, 6) is 0.730. The number of halogens is 1. The van der Waals surface area contributed by atoms with Crippen LogP contribution in [0.4, 0.5) is 10.6 Å². The maximum absolute atomic E-state index is 11.9. The summed E-state index contributed by atoms with van der Waals surface area (Å²) in [6, 6.07) is 2.34. The van der Waals surface area contributed by atoms with Gasteiger partial charge in [0.15, 0.2) is 0 Å². The molecule has 4 rings (SSSR count). The van der Waals surface area contributed by atoms with Crippen LogP contribution in [0.3, 0.4) is 0 Å².